The summed E-state index contributed by atoms with van der Waals surface area (Å²) in [4.78, 5) is 0. The minimum absolute atomic E-state index is 0.0768. The van der Waals surface area contributed by atoms with Crippen molar-refractivity contribution in [2.24, 2.45) is 5.84 Å². The summed E-state index contributed by atoms with van der Waals surface area (Å²) in [6.07, 6.45) is 0.833. The quantitative estimate of drug-likeness (QED) is 0.611. The van der Waals surface area contributed by atoms with E-state index in [0.717, 1.165) is 15.4 Å². The molecule has 0 aliphatic rings. The molecule has 2 aromatic rings. The van der Waals surface area contributed by atoms with Crippen molar-refractivity contribution in [3.05, 3.63) is 68.1 Å². The average Bonchev–Trinajstić information content (AvgIpc) is 2.41. The third kappa shape index (κ3) is 3.45. The minimum Gasteiger partial charge on any atom is -0.271 e. The zero-order valence-corrected chi connectivity index (χ0v) is 13.8. The third-order valence-electron chi connectivity index (χ3n) is 3.18. The van der Waals surface area contributed by atoms with Crippen LogP contribution in [0.1, 0.15) is 22.7 Å². The fourth-order valence-corrected chi connectivity index (χ4v) is 3.07. The van der Waals surface area contributed by atoms with Crippen LogP contribution in [0.4, 0.5) is 0 Å². The molecule has 0 aliphatic carbocycles. The number of hydrogen-bond acceptors (Lipinski definition) is 2. The summed E-state index contributed by atoms with van der Waals surface area (Å²) in [7, 11) is 0. The van der Waals surface area contributed by atoms with Gasteiger partial charge in [-0.2, -0.15) is 0 Å². The summed E-state index contributed by atoms with van der Waals surface area (Å²) in [6, 6.07) is 14.5. The van der Waals surface area contributed by atoms with Gasteiger partial charge in [-0.3, -0.25) is 11.3 Å². The highest BCUT2D eigenvalue weighted by Gasteiger charge is 2.15. The Balaban J connectivity index is 2.31. The first-order valence-corrected chi connectivity index (χ1v) is 7.66. The van der Waals surface area contributed by atoms with E-state index in [9.17, 15) is 0 Å². The van der Waals surface area contributed by atoms with Crippen LogP contribution in [-0.4, -0.2) is 0 Å². The third-order valence-corrected chi connectivity index (χ3v) is 5.04. The predicted octanol–water partition coefficient (Wildman–Crippen LogP) is 4.27. The maximum Gasteiger partial charge on any atom is 0.0511 e. The summed E-state index contributed by atoms with van der Waals surface area (Å²) in [5.41, 5.74) is 6.54. The summed E-state index contributed by atoms with van der Waals surface area (Å²) in [5, 5.41) is 0. The molecule has 2 aromatic carbocycles. The van der Waals surface area contributed by atoms with Crippen LogP contribution in [0.5, 0.6) is 0 Å². The molecular formula is C15H16Br2N2. The van der Waals surface area contributed by atoms with E-state index < -0.39 is 0 Å². The first-order chi connectivity index (χ1) is 9.13. The molecule has 19 heavy (non-hydrogen) atoms. The normalized spacial score (nSPS) is 12.4. The second-order valence-corrected chi connectivity index (χ2v) is 6.14. The standard InChI is InChI=1S/C15H16Br2N2/c1-10-5-4-7-12(15(10)17)14(19-18)9-11-6-2-3-8-13(11)16/h2-8,14,19H,9,18H2,1H3. The molecule has 0 spiro atoms. The molecule has 2 nitrogen and oxygen atoms in total. The fraction of sp³-hybridized carbons (Fsp3) is 0.200. The monoisotopic (exact) mass is 382 g/mol. The Labute approximate surface area is 130 Å². The van der Waals surface area contributed by atoms with E-state index in [2.05, 4.69) is 68.5 Å². The first kappa shape index (κ1) is 14.7. The molecule has 0 heterocycles. The number of aryl methyl sites for hydroxylation is 1. The van der Waals surface area contributed by atoms with E-state index in [4.69, 9.17) is 5.84 Å². The van der Waals surface area contributed by atoms with Gasteiger partial charge in [0.2, 0.25) is 0 Å². The maximum absolute atomic E-state index is 5.74. The van der Waals surface area contributed by atoms with Crippen molar-refractivity contribution in [3.63, 3.8) is 0 Å². The van der Waals surface area contributed by atoms with E-state index in [1.807, 2.05) is 18.2 Å². The van der Waals surface area contributed by atoms with Crippen molar-refractivity contribution in [1.82, 2.24) is 5.43 Å². The van der Waals surface area contributed by atoms with Gasteiger partial charge in [0.25, 0.3) is 0 Å². The molecule has 0 saturated carbocycles. The van der Waals surface area contributed by atoms with Crippen molar-refractivity contribution in [1.29, 1.82) is 0 Å². The van der Waals surface area contributed by atoms with Crippen molar-refractivity contribution in [3.8, 4) is 0 Å². The SMILES string of the molecule is Cc1cccc(C(Cc2ccccc2Br)NN)c1Br. The molecule has 4 heteroatoms. The van der Waals surface area contributed by atoms with Gasteiger partial charge in [-0.05, 0) is 36.1 Å². The number of nitrogens with one attached hydrogen (secondary N) is 1. The van der Waals surface area contributed by atoms with E-state index in [1.165, 1.54) is 16.7 Å². The summed E-state index contributed by atoms with van der Waals surface area (Å²) < 4.78 is 2.23. The lowest BCUT2D eigenvalue weighted by atomic mass is 9.98. The van der Waals surface area contributed by atoms with Gasteiger partial charge in [-0.1, -0.05) is 68.3 Å². The Morgan fingerprint density at radius 3 is 2.53 bits per heavy atom. The lowest BCUT2D eigenvalue weighted by molar-refractivity contribution is 0.549. The molecule has 1 unspecified atom stereocenters. The highest BCUT2D eigenvalue weighted by molar-refractivity contribution is 9.10. The van der Waals surface area contributed by atoms with Crippen molar-refractivity contribution >= 4 is 31.9 Å². The number of hydrogen-bond donors (Lipinski definition) is 2. The van der Waals surface area contributed by atoms with Crippen LogP contribution in [0, 0.1) is 6.92 Å². The zero-order valence-electron chi connectivity index (χ0n) is 10.7. The summed E-state index contributed by atoms with van der Waals surface area (Å²) in [5.74, 6) is 5.74. The Morgan fingerprint density at radius 1 is 1.11 bits per heavy atom. The van der Waals surface area contributed by atoms with Crippen molar-refractivity contribution in [2.75, 3.05) is 0 Å². The van der Waals surface area contributed by atoms with E-state index in [1.54, 1.807) is 0 Å². The molecule has 1 atom stereocenters. The summed E-state index contributed by atoms with van der Waals surface area (Å²) in [6.45, 7) is 2.08. The van der Waals surface area contributed by atoms with Gasteiger partial charge in [0.1, 0.15) is 0 Å². The summed E-state index contributed by atoms with van der Waals surface area (Å²) >= 11 is 7.23. The topological polar surface area (TPSA) is 38.0 Å². The Kier molecular flexibility index (Phi) is 5.16. The van der Waals surface area contributed by atoms with E-state index in [-0.39, 0.29) is 6.04 Å². The number of benzene rings is 2. The fourth-order valence-electron chi connectivity index (χ4n) is 2.08. The second-order valence-electron chi connectivity index (χ2n) is 4.49. The number of nitrogens with two attached hydrogens (primary N) is 1. The van der Waals surface area contributed by atoms with Gasteiger partial charge >= 0.3 is 0 Å². The average molecular weight is 384 g/mol. The molecule has 0 aliphatic heterocycles. The van der Waals surface area contributed by atoms with E-state index >= 15 is 0 Å². The Morgan fingerprint density at radius 2 is 1.84 bits per heavy atom. The molecule has 0 radical (unpaired) electrons. The van der Waals surface area contributed by atoms with Gasteiger partial charge in [-0.15, -0.1) is 0 Å². The number of rotatable bonds is 4. The number of hydrazine groups is 1. The van der Waals surface area contributed by atoms with Crippen molar-refractivity contribution < 1.29 is 0 Å². The van der Waals surface area contributed by atoms with Gasteiger partial charge in [-0.25, -0.2) is 0 Å². The Bertz CT molecular complexity index is 570. The van der Waals surface area contributed by atoms with Gasteiger partial charge in [0.05, 0.1) is 6.04 Å². The molecular weight excluding hydrogens is 368 g/mol. The van der Waals surface area contributed by atoms with E-state index in [0.29, 0.717) is 0 Å². The molecule has 100 valence electrons. The van der Waals surface area contributed by atoms with Gasteiger partial charge in [0.15, 0.2) is 0 Å². The molecule has 0 bridgehead atoms. The van der Waals surface area contributed by atoms with Gasteiger partial charge < -0.3 is 0 Å². The van der Waals surface area contributed by atoms with Crippen LogP contribution in [0.25, 0.3) is 0 Å². The van der Waals surface area contributed by atoms with Crippen LogP contribution in [0.15, 0.2) is 51.4 Å². The maximum atomic E-state index is 5.74. The lowest BCUT2D eigenvalue weighted by Crippen LogP contribution is -2.30. The molecule has 0 fully saturated rings. The molecule has 0 saturated heterocycles. The van der Waals surface area contributed by atoms with Crippen LogP contribution < -0.4 is 11.3 Å². The van der Waals surface area contributed by atoms with Gasteiger partial charge in [0, 0.05) is 8.95 Å². The number of halogens is 2. The Hall–Kier alpha value is -0.680. The van der Waals surface area contributed by atoms with Crippen LogP contribution in [0.3, 0.4) is 0 Å². The highest BCUT2D eigenvalue weighted by Crippen LogP contribution is 2.30. The second kappa shape index (κ2) is 6.66. The molecule has 0 amide bonds. The highest BCUT2D eigenvalue weighted by atomic mass is 79.9. The largest absolute Gasteiger partial charge is 0.271 e. The predicted molar refractivity (Wildman–Crippen MR) is 86.8 cm³/mol. The molecule has 2 rings (SSSR count). The smallest absolute Gasteiger partial charge is 0.0511 e. The van der Waals surface area contributed by atoms with Crippen molar-refractivity contribution in [2.45, 2.75) is 19.4 Å². The zero-order chi connectivity index (χ0) is 13.8. The molecule has 3 N–H and O–H groups in total. The van der Waals surface area contributed by atoms with Crippen LogP contribution >= 0.6 is 31.9 Å². The lowest BCUT2D eigenvalue weighted by Gasteiger charge is -2.19. The van der Waals surface area contributed by atoms with Crippen LogP contribution in [-0.2, 0) is 6.42 Å². The first-order valence-electron chi connectivity index (χ1n) is 6.08. The minimum atomic E-state index is 0.0768. The molecule has 0 aromatic heterocycles. The van der Waals surface area contributed by atoms with Crippen LogP contribution in [0.2, 0.25) is 0 Å².